The smallest absolute Gasteiger partial charge is 0.311 e. The minimum absolute atomic E-state index is 0.0691. The predicted octanol–water partition coefficient (Wildman–Crippen LogP) is 1.87. The fourth-order valence-electron chi connectivity index (χ4n) is 2.93. The van der Waals surface area contributed by atoms with Crippen molar-refractivity contribution in [1.82, 2.24) is 10.2 Å². The Morgan fingerprint density at radius 3 is 2.65 bits per heavy atom. The largest absolute Gasteiger partial charge is 0.481 e. The van der Waals surface area contributed by atoms with Gasteiger partial charge < -0.3 is 15.3 Å². The summed E-state index contributed by atoms with van der Waals surface area (Å²) in [5, 5.41) is 12.7. The first kappa shape index (κ1) is 17.0. The zero-order valence-electron chi connectivity index (χ0n) is 12.9. The zero-order valence-corrected chi connectivity index (χ0v) is 12.9. The fourth-order valence-corrected chi connectivity index (χ4v) is 2.93. The van der Waals surface area contributed by atoms with Gasteiger partial charge in [0.15, 0.2) is 0 Å². The van der Waals surface area contributed by atoms with Crippen LogP contribution in [0.2, 0.25) is 0 Å². The molecular formula is C15H28N2O3. The van der Waals surface area contributed by atoms with E-state index in [2.05, 4.69) is 5.32 Å². The van der Waals surface area contributed by atoms with E-state index < -0.39 is 11.4 Å². The highest BCUT2D eigenvalue weighted by Gasteiger charge is 2.42. The summed E-state index contributed by atoms with van der Waals surface area (Å²) in [6.07, 6.45) is 3.40. The number of nitrogens with one attached hydrogen (secondary N) is 1. The molecule has 1 rings (SSSR count). The molecule has 1 aliphatic heterocycles. The summed E-state index contributed by atoms with van der Waals surface area (Å²) in [6.45, 7) is 7.80. The van der Waals surface area contributed by atoms with Crippen LogP contribution in [0.3, 0.4) is 0 Å². The molecule has 1 heterocycles. The van der Waals surface area contributed by atoms with Gasteiger partial charge >= 0.3 is 5.97 Å². The lowest BCUT2D eigenvalue weighted by Crippen LogP contribution is -2.50. The van der Waals surface area contributed by atoms with E-state index in [1.165, 1.54) is 0 Å². The number of carbonyl (C=O) groups excluding carboxylic acids is 1. The average molecular weight is 284 g/mol. The molecule has 5 heteroatoms. The number of hydrogen-bond donors (Lipinski definition) is 2. The van der Waals surface area contributed by atoms with Gasteiger partial charge in [0.05, 0.1) is 5.41 Å². The van der Waals surface area contributed by atoms with Gasteiger partial charge in [-0.3, -0.25) is 9.59 Å². The van der Waals surface area contributed by atoms with Gasteiger partial charge in [-0.05, 0) is 19.3 Å². The second kappa shape index (κ2) is 7.62. The van der Waals surface area contributed by atoms with E-state index in [1.54, 1.807) is 4.90 Å². The zero-order chi connectivity index (χ0) is 15.2. The van der Waals surface area contributed by atoms with E-state index in [4.69, 9.17) is 0 Å². The van der Waals surface area contributed by atoms with Crippen molar-refractivity contribution >= 4 is 11.9 Å². The van der Waals surface area contributed by atoms with Crippen LogP contribution in [0.1, 0.15) is 52.9 Å². The topological polar surface area (TPSA) is 69.6 Å². The first-order chi connectivity index (χ1) is 9.41. The number of aliphatic carboxylic acids is 1. The summed E-state index contributed by atoms with van der Waals surface area (Å²) in [6, 6.07) is 0.363. The van der Waals surface area contributed by atoms with Gasteiger partial charge in [-0.25, -0.2) is 0 Å². The average Bonchev–Trinajstić information content (AvgIpc) is 2.38. The van der Waals surface area contributed by atoms with E-state index in [0.717, 1.165) is 12.8 Å². The normalized spacial score (nSPS) is 23.1. The number of carbonyl (C=O) groups is 2. The van der Waals surface area contributed by atoms with Crippen LogP contribution in [0.4, 0.5) is 0 Å². The van der Waals surface area contributed by atoms with Crippen LogP contribution < -0.4 is 5.32 Å². The number of likely N-dealkylation sites (tertiary alicyclic amines) is 1. The molecule has 0 saturated carbocycles. The molecule has 1 fully saturated rings. The lowest BCUT2D eigenvalue weighted by molar-refractivity contribution is -0.155. The van der Waals surface area contributed by atoms with Crippen molar-refractivity contribution in [2.24, 2.45) is 5.41 Å². The van der Waals surface area contributed by atoms with E-state index in [9.17, 15) is 14.7 Å². The highest BCUT2D eigenvalue weighted by Crippen LogP contribution is 2.35. The first-order valence-electron chi connectivity index (χ1n) is 7.66. The van der Waals surface area contributed by atoms with Crippen LogP contribution in [0, 0.1) is 5.41 Å². The second-order valence-electron chi connectivity index (χ2n) is 6.11. The fraction of sp³-hybridized carbons (Fsp3) is 0.867. The Balaban J connectivity index is 2.58. The van der Waals surface area contributed by atoms with Crippen LogP contribution in [0.5, 0.6) is 0 Å². The van der Waals surface area contributed by atoms with E-state index in [-0.39, 0.29) is 5.91 Å². The summed E-state index contributed by atoms with van der Waals surface area (Å²) in [4.78, 5) is 25.5. The second-order valence-corrected chi connectivity index (χ2v) is 6.11. The van der Waals surface area contributed by atoms with Crippen molar-refractivity contribution < 1.29 is 14.7 Å². The minimum Gasteiger partial charge on any atom is -0.481 e. The molecule has 1 amide bonds. The third-order valence-electron chi connectivity index (χ3n) is 4.00. The summed E-state index contributed by atoms with van der Waals surface area (Å²) < 4.78 is 0. The lowest BCUT2D eigenvalue weighted by Gasteiger charge is -2.40. The van der Waals surface area contributed by atoms with Crippen molar-refractivity contribution in [2.45, 2.75) is 58.9 Å². The Bertz CT molecular complexity index is 340. The molecule has 0 aliphatic carbocycles. The molecule has 1 aliphatic rings. The number of hydrogen-bond acceptors (Lipinski definition) is 3. The number of carboxylic acid groups (broad SMARTS) is 1. The number of nitrogens with zero attached hydrogens (tertiary/aromatic N) is 1. The molecule has 2 N–H and O–H groups in total. The first-order valence-corrected chi connectivity index (χ1v) is 7.66. The Kier molecular flexibility index (Phi) is 6.46. The molecule has 1 saturated heterocycles. The van der Waals surface area contributed by atoms with Crippen molar-refractivity contribution in [2.75, 3.05) is 19.6 Å². The van der Waals surface area contributed by atoms with Gasteiger partial charge in [-0.1, -0.05) is 27.2 Å². The summed E-state index contributed by atoms with van der Waals surface area (Å²) in [7, 11) is 0. The van der Waals surface area contributed by atoms with Crippen molar-refractivity contribution in [3.8, 4) is 0 Å². The van der Waals surface area contributed by atoms with Gasteiger partial charge in [0, 0.05) is 32.1 Å². The third kappa shape index (κ3) is 4.47. The van der Waals surface area contributed by atoms with Gasteiger partial charge in [0.1, 0.15) is 0 Å². The number of rotatable bonds is 7. The van der Waals surface area contributed by atoms with E-state index in [1.807, 2.05) is 20.8 Å². The van der Waals surface area contributed by atoms with Gasteiger partial charge in [0.25, 0.3) is 0 Å². The molecule has 20 heavy (non-hydrogen) atoms. The van der Waals surface area contributed by atoms with Gasteiger partial charge in [-0.15, -0.1) is 0 Å². The van der Waals surface area contributed by atoms with Crippen LogP contribution in [-0.4, -0.2) is 47.6 Å². The van der Waals surface area contributed by atoms with Gasteiger partial charge in [0.2, 0.25) is 5.91 Å². The number of piperidine rings is 1. The van der Waals surface area contributed by atoms with Crippen LogP contribution in [0.25, 0.3) is 0 Å². The number of amides is 1. The highest BCUT2D eigenvalue weighted by atomic mass is 16.4. The molecule has 0 aromatic rings. The molecule has 0 bridgehead atoms. The lowest BCUT2D eigenvalue weighted by atomic mass is 9.76. The Hall–Kier alpha value is -1.10. The van der Waals surface area contributed by atoms with Crippen LogP contribution in [0.15, 0.2) is 0 Å². The SMILES string of the molecule is CCCC1(C(=O)O)CCCN(C(=O)CCNC(C)C)C1. The Morgan fingerprint density at radius 2 is 2.10 bits per heavy atom. The molecule has 0 aromatic carbocycles. The molecule has 0 radical (unpaired) electrons. The highest BCUT2D eigenvalue weighted by molar-refractivity contribution is 5.79. The quantitative estimate of drug-likeness (QED) is 0.749. The van der Waals surface area contributed by atoms with Crippen molar-refractivity contribution in [3.63, 3.8) is 0 Å². The maximum Gasteiger partial charge on any atom is 0.311 e. The van der Waals surface area contributed by atoms with Gasteiger partial charge in [-0.2, -0.15) is 0 Å². The molecule has 0 aromatic heterocycles. The van der Waals surface area contributed by atoms with Crippen LogP contribution >= 0.6 is 0 Å². The Morgan fingerprint density at radius 1 is 1.40 bits per heavy atom. The van der Waals surface area contributed by atoms with E-state index in [0.29, 0.717) is 44.9 Å². The van der Waals surface area contributed by atoms with Crippen LogP contribution in [-0.2, 0) is 9.59 Å². The van der Waals surface area contributed by atoms with E-state index >= 15 is 0 Å². The predicted molar refractivity (Wildman–Crippen MR) is 78.5 cm³/mol. The minimum atomic E-state index is -0.753. The number of carboxylic acids is 1. The molecule has 5 nitrogen and oxygen atoms in total. The molecule has 0 spiro atoms. The third-order valence-corrected chi connectivity index (χ3v) is 4.00. The maximum atomic E-state index is 12.2. The van der Waals surface area contributed by atoms with Crippen molar-refractivity contribution in [3.05, 3.63) is 0 Å². The molecular weight excluding hydrogens is 256 g/mol. The molecule has 1 atom stereocenters. The standard InChI is InChI=1S/C15H28N2O3/c1-4-7-15(14(19)20)8-5-10-17(11-15)13(18)6-9-16-12(2)3/h12,16H,4-11H2,1-3H3,(H,19,20). The Labute approximate surface area is 121 Å². The molecule has 1 unspecified atom stereocenters. The maximum absolute atomic E-state index is 12.2. The summed E-state index contributed by atoms with van der Waals surface area (Å²) in [5.41, 5.74) is -0.728. The summed E-state index contributed by atoms with van der Waals surface area (Å²) >= 11 is 0. The van der Waals surface area contributed by atoms with Crippen molar-refractivity contribution in [1.29, 1.82) is 0 Å². The summed E-state index contributed by atoms with van der Waals surface area (Å²) in [5.74, 6) is -0.684. The molecule has 116 valence electrons. The monoisotopic (exact) mass is 284 g/mol.